The summed E-state index contributed by atoms with van der Waals surface area (Å²) in [7, 11) is 0. The van der Waals surface area contributed by atoms with Crippen molar-refractivity contribution in [3.63, 3.8) is 0 Å². The van der Waals surface area contributed by atoms with Gasteiger partial charge in [0.15, 0.2) is 0 Å². The van der Waals surface area contributed by atoms with Crippen LogP contribution in [0.15, 0.2) is 36.9 Å². The molecule has 1 aromatic rings. The minimum atomic E-state index is 0.629. The summed E-state index contributed by atoms with van der Waals surface area (Å²) in [4.78, 5) is 0. The molecule has 0 unspecified atom stereocenters. The van der Waals surface area contributed by atoms with Crippen LogP contribution in [0.3, 0.4) is 0 Å². The highest BCUT2D eigenvalue weighted by Gasteiger charge is 2.17. The van der Waals surface area contributed by atoms with E-state index in [-0.39, 0.29) is 0 Å². The quantitative estimate of drug-likeness (QED) is 0.554. The van der Waals surface area contributed by atoms with Crippen LogP contribution in [-0.4, -0.2) is 18.1 Å². The summed E-state index contributed by atoms with van der Waals surface area (Å²) in [6, 6.07) is 8.56. The fourth-order valence-electron chi connectivity index (χ4n) is 1.69. The number of rotatable bonds is 6. The normalized spacial score (nSPS) is 16.0. The van der Waals surface area contributed by atoms with Gasteiger partial charge in [-0.05, 0) is 30.5 Å². The molecule has 0 aromatic heterocycles. The molecule has 92 valence electrons. The van der Waals surface area contributed by atoms with Gasteiger partial charge in [0.25, 0.3) is 0 Å². The second-order valence-electron chi connectivity index (χ2n) is 3.92. The highest BCUT2D eigenvalue weighted by molar-refractivity contribution is 8.19. The molecule has 0 spiro atoms. The van der Waals surface area contributed by atoms with Gasteiger partial charge in [-0.2, -0.15) is 0 Å². The first-order valence-corrected chi connectivity index (χ1v) is 8.07. The predicted octanol–water partition coefficient (Wildman–Crippen LogP) is 4.51. The third-order valence-corrected chi connectivity index (χ3v) is 5.70. The smallest absolute Gasteiger partial charge is 0.119 e. The Kier molecular flexibility index (Phi) is 5.33. The molecule has 0 saturated carbocycles. The standard InChI is InChI=1S/C14H18OS2/c1-2-3-4-9-15-13-7-5-12(6-8-13)14-16-10-11-17-14/h2,5-8,14H,1,3-4,9-11H2. The molecular weight excluding hydrogens is 248 g/mol. The first-order chi connectivity index (χ1) is 8.40. The maximum absolute atomic E-state index is 5.66. The van der Waals surface area contributed by atoms with Crippen LogP contribution in [0.2, 0.25) is 0 Å². The first-order valence-electron chi connectivity index (χ1n) is 5.97. The van der Waals surface area contributed by atoms with Gasteiger partial charge in [-0.3, -0.25) is 0 Å². The number of ether oxygens (including phenoxy) is 1. The number of hydrogen-bond acceptors (Lipinski definition) is 3. The summed E-state index contributed by atoms with van der Waals surface area (Å²) in [5.74, 6) is 3.52. The van der Waals surface area contributed by atoms with Gasteiger partial charge >= 0.3 is 0 Å². The molecule has 1 aliphatic rings. The Morgan fingerprint density at radius 1 is 1.24 bits per heavy atom. The van der Waals surface area contributed by atoms with Crippen molar-refractivity contribution in [2.75, 3.05) is 18.1 Å². The van der Waals surface area contributed by atoms with Crippen molar-refractivity contribution in [2.24, 2.45) is 0 Å². The Labute approximate surface area is 112 Å². The molecule has 1 fully saturated rings. The van der Waals surface area contributed by atoms with Gasteiger partial charge in [0, 0.05) is 11.5 Å². The highest BCUT2D eigenvalue weighted by atomic mass is 32.2. The Morgan fingerprint density at radius 3 is 2.59 bits per heavy atom. The lowest BCUT2D eigenvalue weighted by molar-refractivity contribution is 0.312. The van der Waals surface area contributed by atoms with Gasteiger partial charge in [0.1, 0.15) is 5.75 Å². The number of allylic oxidation sites excluding steroid dienone is 1. The molecule has 2 rings (SSSR count). The number of benzene rings is 1. The van der Waals surface area contributed by atoms with Gasteiger partial charge in [0.05, 0.1) is 11.2 Å². The van der Waals surface area contributed by atoms with Gasteiger partial charge in [-0.1, -0.05) is 18.2 Å². The third kappa shape index (κ3) is 4.00. The molecule has 1 aliphatic heterocycles. The Morgan fingerprint density at radius 2 is 1.94 bits per heavy atom. The summed E-state index contributed by atoms with van der Waals surface area (Å²) in [5, 5.41) is 0. The molecule has 0 atom stereocenters. The lowest BCUT2D eigenvalue weighted by Crippen LogP contribution is -1.96. The van der Waals surface area contributed by atoms with E-state index in [1.54, 1.807) is 0 Å². The van der Waals surface area contributed by atoms with Crippen molar-refractivity contribution < 1.29 is 4.74 Å². The predicted molar refractivity (Wildman–Crippen MR) is 79.0 cm³/mol. The van der Waals surface area contributed by atoms with E-state index >= 15 is 0 Å². The van der Waals surface area contributed by atoms with E-state index in [9.17, 15) is 0 Å². The van der Waals surface area contributed by atoms with Crippen molar-refractivity contribution in [1.29, 1.82) is 0 Å². The van der Waals surface area contributed by atoms with Crippen LogP contribution in [0, 0.1) is 0 Å². The van der Waals surface area contributed by atoms with Crippen LogP contribution in [0.4, 0.5) is 0 Å². The zero-order chi connectivity index (χ0) is 11.9. The lowest BCUT2D eigenvalue weighted by atomic mass is 10.2. The average molecular weight is 266 g/mol. The van der Waals surface area contributed by atoms with E-state index in [2.05, 4.69) is 30.8 Å². The summed E-state index contributed by atoms with van der Waals surface area (Å²) < 4.78 is 6.29. The molecule has 0 amide bonds. The first kappa shape index (κ1) is 12.9. The van der Waals surface area contributed by atoms with E-state index < -0.39 is 0 Å². The third-order valence-electron chi connectivity index (χ3n) is 2.60. The Balaban J connectivity index is 1.82. The van der Waals surface area contributed by atoms with Crippen LogP contribution in [-0.2, 0) is 0 Å². The van der Waals surface area contributed by atoms with Gasteiger partial charge in [0.2, 0.25) is 0 Å². The van der Waals surface area contributed by atoms with E-state index in [0.29, 0.717) is 4.58 Å². The molecule has 1 heterocycles. The minimum absolute atomic E-state index is 0.629. The van der Waals surface area contributed by atoms with E-state index in [1.807, 2.05) is 29.6 Å². The van der Waals surface area contributed by atoms with Crippen molar-refractivity contribution in [1.82, 2.24) is 0 Å². The van der Waals surface area contributed by atoms with Gasteiger partial charge in [-0.25, -0.2) is 0 Å². The molecule has 0 radical (unpaired) electrons. The Hall–Kier alpha value is -0.540. The van der Waals surface area contributed by atoms with E-state index in [1.165, 1.54) is 17.1 Å². The van der Waals surface area contributed by atoms with Crippen LogP contribution in [0.25, 0.3) is 0 Å². The number of unbranched alkanes of at least 4 members (excludes halogenated alkanes) is 1. The summed E-state index contributed by atoms with van der Waals surface area (Å²) >= 11 is 4.07. The van der Waals surface area contributed by atoms with Gasteiger partial charge in [-0.15, -0.1) is 30.1 Å². The number of thioether (sulfide) groups is 2. The van der Waals surface area contributed by atoms with Crippen LogP contribution < -0.4 is 4.74 Å². The minimum Gasteiger partial charge on any atom is -0.494 e. The van der Waals surface area contributed by atoms with E-state index in [4.69, 9.17) is 4.74 Å². The maximum atomic E-state index is 5.66. The van der Waals surface area contributed by atoms with Crippen LogP contribution in [0.5, 0.6) is 5.75 Å². The molecule has 17 heavy (non-hydrogen) atoms. The van der Waals surface area contributed by atoms with Crippen molar-refractivity contribution in [3.8, 4) is 5.75 Å². The molecule has 0 N–H and O–H groups in total. The highest BCUT2D eigenvalue weighted by Crippen LogP contribution is 2.45. The zero-order valence-corrected chi connectivity index (χ0v) is 11.6. The summed E-state index contributed by atoms with van der Waals surface area (Å²) in [6.07, 6.45) is 3.99. The Bertz CT molecular complexity index is 342. The fraction of sp³-hybridized carbons (Fsp3) is 0.429. The molecule has 0 aliphatic carbocycles. The summed E-state index contributed by atoms with van der Waals surface area (Å²) in [5.41, 5.74) is 1.41. The number of hydrogen-bond donors (Lipinski definition) is 0. The van der Waals surface area contributed by atoms with E-state index in [0.717, 1.165) is 25.2 Å². The second kappa shape index (κ2) is 7.02. The summed E-state index contributed by atoms with van der Waals surface area (Å²) in [6.45, 7) is 4.48. The molecule has 1 aromatic carbocycles. The average Bonchev–Trinajstić information content (AvgIpc) is 2.89. The largest absolute Gasteiger partial charge is 0.494 e. The molecule has 3 heteroatoms. The van der Waals surface area contributed by atoms with Crippen molar-refractivity contribution in [3.05, 3.63) is 42.5 Å². The van der Waals surface area contributed by atoms with Crippen molar-refractivity contribution in [2.45, 2.75) is 17.4 Å². The molecular formula is C14H18OS2. The fourth-order valence-corrected chi connectivity index (χ4v) is 4.55. The zero-order valence-electron chi connectivity index (χ0n) is 9.93. The van der Waals surface area contributed by atoms with Crippen molar-refractivity contribution >= 4 is 23.5 Å². The SMILES string of the molecule is C=CCCCOc1ccc(C2SCCS2)cc1. The van der Waals surface area contributed by atoms with Crippen LogP contribution >= 0.6 is 23.5 Å². The molecule has 0 bridgehead atoms. The monoisotopic (exact) mass is 266 g/mol. The molecule has 1 saturated heterocycles. The second-order valence-corrected chi connectivity index (χ2v) is 6.65. The lowest BCUT2D eigenvalue weighted by Gasteiger charge is -2.10. The van der Waals surface area contributed by atoms with Crippen LogP contribution in [0.1, 0.15) is 23.0 Å². The van der Waals surface area contributed by atoms with Gasteiger partial charge < -0.3 is 4.74 Å². The topological polar surface area (TPSA) is 9.23 Å². The molecule has 1 nitrogen and oxygen atoms in total. The maximum Gasteiger partial charge on any atom is 0.119 e.